The van der Waals surface area contributed by atoms with Gasteiger partial charge >= 0.3 is 0 Å². The topological polar surface area (TPSA) is 72.2 Å². The number of benzene rings is 2. The zero-order valence-corrected chi connectivity index (χ0v) is 12.8. The highest BCUT2D eigenvalue weighted by atomic mass is 35.5. The third-order valence-electron chi connectivity index (χ3n) is 2.96. The first-order valence-corrected chi connectivity index (χ1v) is 7.96. The van der Waals surface area contributed by atoms with Crippen LogP contribution in [0, 0.1) is 12.7 Å². The molecular weight excluding hydrogens is 315 g/mol. The van der Waals surface area contributed by atoms with Gasteiger partial charge in [-0.25, -0.2) is 17.5 Å². The van der Waals surface area contributed by atoms with E-state index < -0.39 is 15.8 Å². The van der Waals surface area contributed by atoms with E-state index >= 15 is 0 Å². The van der Waals surface area contributed by atoms with Crippen LogP contribution < -0.4 is 10.5 Å². The minimum Gasteiger partial charge on any atom is -0.398 e. The van der Waals surface area contributed by atoms with Crippen LogP contribution in [0.5, 0.6) is 0 Å². The standard InChI is InChI=1S/C14H14ClFN2O2S/c1-9-3-2-4-13(17)14(9)21(19,20)18-8-10-5-6-12(16)11(15)7-10/h2-7,18H,8,17H2,1H3. The molecule has 0 amide bonds. The van der Waals surface area contributed by atoms with E-state index in [1.165, 1.54) is 24.3 Å². The molecule has 4 nitrogen and oxygen atoms in total. The van der Waals surface area contributed by atoms with Gasteiger partial charge in [-0.2, -0.15) is 0 Å². The van der Waals surface area contributed by atoms with Crippen LogP contribution in [-0.4, -0.2) is 8.42 Å². The van der Waals surface area contributed by atoms with Crippen LogP contribution >= 0.6 is 11.6 Å². The lowest BCUT2D eigenvalue weighted by molar-refractivity contribution is 0.581. The molecule has 2 aromatic rings. The summed E-state index contributed by atoms with van der Waals surface area (Å²) in [5.41, 5.74) is 7.02. The van der Waals surface area contributed by atoms with Crippen LogP contribution in [-0.2, 0) is 16.6 Å². The number of hydrogen-bond acceptors (Lipinski definition) is 3. The second-order valence-electron chi connectivity index (χ2n) is 4.57. The van der Waals surface area contributed by atoms with Crippen LogP contribution in [0.25, 0.3) is 0 Å². The summed E-state index contributed by atoms with van der Waals surface area (Å²) in [6.07, 6.45) is 0. The van der Waals surface area contributed by atoms with Gasteiger partial charge in [0.1, 0.15) is 10.7 Å². The molecule has 0 saturated carbocycles. The molecule has 7 heteroatoms. The van der Waals surface area contributed by atoms with Crippen LogP contribution in [0.1, 0.15) is 11.1 Å². The van der Waals surface area contributed by atoms with Gasteiger partial charge in [0.05, 0.1) is 10.7 Å². The number of sulfonamides is 1. The average Bonchev–Trinajstić information content (AvgIpc) is 2.40. The first-order valence-electron chi connectivity index (χ1n) is 6.10. The monoisotopic (exact) mass is 328 g/mol. The molecule has 0 saturated heterocycles. The third-order valence-corrected chi connectivity index (χ3v) is 4.87. The first kappa shape index (κ1) is 15.8. The van der Waals surface area contributed by atoms with Crippen molar-refractivity contribution in [3.63, 3.8) is 0 Å². The third kappa shape index (κ3) is 3.53. The maximum absolute atomic E-state index is 13.1. The summed E-state index contributed by atoms with van der Waals surface area (Å²) in [7, 11) is -3.75. The molecule has 2 aromatic carbocycles. The summed E-state index contributed by atoms with van der Waals surface area (Å²) in [4.78, 5) is 0.0539. The second kappa shape index (κ2) is 6.01. The van der Waals surface area contributed by atoms with Gasteiger partial charge in [-0.15, -0.1) is 0 Å². The Labute approximate surface area is 127 Å². The molecule has 0 aliphatic carbocycles. The van der Waals surface area contributed by atoms with Gasteiger partial charge in [-0.1, -0.05) is 29.8 Å². The minimum absolute atomic E-state index is 0.00386. The zero-order chi connectivity index (χ0) is 15.6. The molecular formula is C14H14ClFN2O2S. The predicted octanol–water partition coefficient (Wildman–Crippen LogP) is 2.85. The molecule has 3 N–H and O–H groups in total. The lowest BCUT2D eigenvalue weighted by Gasteiger charge is -2.12. The number of rotatable bonds is 4. The van der Waals surface area contributed by atoms with Crippen molar-refractivity contribution >= 4 is 27.3 Å². The minimum atomic E-state index is -3.75. The number of hydrogen-bond donors (Lipinski definition) is 2. The zero-order valence-electron chi connectivity index (χ0n) is 11.2. The normalized spacial score (nSPS) is 11.6. The molecule has 0 bridgehead atoms. The van der Waals surface area contributed by atoms with E-state index in [1.807, 2.05) is 0 Å². The summed E-state index contributed by atoms with van der Waals surface area (Å²) < 4.78 is 40.1. The molecule has 0 unspecified atom stereocenters. The summed E-state index contributed by atoms with van der Waals surface area (Å²) >= 11 is 5.66. The van der Waals surface area contributed by atoms with E-state index in [1.54, 1.807) is 19.1 Å². The van der Waals surface area contributed by atoms with E-state index in [2.05, 4.69) is 4.72 Å². The Bertz CT molecular complexity index is 758. The molecule has 0 radical (unpaired) electrons. The van der Waals surface area contributed by atoms with Gasteiger partial charge in [0.25, 0.3) is 0 Å². The van der Waals surface area contributed by atoms with Gasteiger partial charge in [-0.05, 0) is 36.2 Å². The molecule has 0 aliphatic heterocycles. The molecule has 21 heavy (non-hydrogen) atoms. The van der Waals surface area contributed by atoms with E-state index in [0.717, 1.165) is 0 Å². The van der Waals surface area contributed by atoms with Crippen molar-refractivity contribution in [3.05, 3.63) is 58.4 Å². The Kier molecular flexibility index (Phi) is 4.51. The van der Waals surface area contributed by atoms with Gasteiger partial charge in [0, 0.05) is 6.54 Å². The number of nitrogen functional groups attached to an aromatic ring is 1. The number of nitrogens with two attached hydrogens (primary N) is 1. The number of halogens is 2. The predicted molar refractivity (Wildman–Crippen MR) is 81.0 cm³/mol. The maximum Gasteiger partial charge on any atom is 0.243 e. The Hall–Kier alpha value is -1.63. The Morgan fingerprint density at radius 2 is 2.00 bits per heavy atom. The van der Waals surface area contributed by atoms with Gasteiger partial charge < -0.3 is 5.73 Å². The Morgan fingerprint density at radius 1 is 1.29 bits per heavy atom. The van der Waals surface area contributed by atoms with E-state index in [4.69, 9.17) is 17.3 Å². The molecule has 0 atom stereocenters. The molecule has 0 heterocycles. The first-order chi connectivity index (χ1) is 9.81. The molecule has 0 spiro atoms. The fourth-order valence-electron chi connectivity index (χ4n) is 1.94. The second-order valence-corrected chi connectivity index (χ2v) is 6.68. The lowest BCUT2D eigenvalue weighted by atomic mass is 10.2. The number of nitrogens with one attached hydrogen (secondary N) is 1. The molecule has 112 valence electrons. The molecule has 2 rings (SSSR count). The van der Waals surface area contributed by atoms with Gasteiger partial charge in [0.2, 0.25) is 10.0 Å². The highest BCUT2D eigenvalue weighted by molar-refractivity contribution is 7.89. The SMILES string of the molecule is Cc1cccc(N)c1S(=O)(=O)NCc1ccc(F)c(Cl)c1. The van der Waals surface area contributed by atoms with E-state index in [-0.39, 0.29) is 22.2 Å². The fourth-order valence-corrected chi connectivity index (χ4v) is 3.52. The lowest BCUT2D eigenvalue weighted by Crippen LogP contribution is -2.25. The smallest absolute Gasteiger partial charge is 0.243 e. The van der Waals surface area contributed by atoms with Crippen molar-refractivity contribution in [2.45, 2.75) is 18.4 Å². The molecule has 0 aliphatic rings. The fraction of sp³-hybridized carbons (Fsp3) is 0.143. The van der Waals surface area contributed by atoms with Crippen LogP contribution in [0.3, 0.4) is 0 Å². The van der Waals surface area contributed by atoms with Crippen molar-refractivity contribution in [1.82, 2.24) is 4.72 Å². The molecule has 0 fully saturated rings. The highest BCUT2D eigenvalue weighted by Gasteiger charge is 2.19. The van der Waals surface area contributed by atoms with E-state index in [9.17, 15) is 12.8 Å². The summed E-state index contributed by atoms with van der Waals surface area (Å²) in [6.45, 7) is 1.66. The number of anilines is 1. The van der Waals surface area contributed by atoms with Crippen LogP contribution in [0.2, 0.25) is 5.02 Å². The van der Waals surface area contributed by atoms with E-state index in [0.29, 0.717) is 11.1 Å². The van der Waals surface area contributed by atoms with Crippen LogP contribution in [0.4, 0.5) is 10.1 Å². The largest absolute Gasteiger partial charge is 0.398 e. The molecule has 0 aromatic heterocycles. The maximum atomic E-state index is 13.1. The average molecular weight is 329 g/mol. The summed E-state index contributed by atoms with van der Waals surface area (Å²) in [5.74, 6) is -0.550. The Balaban J connectivity index is 2.24. The van der Waals surface area contributed by atoms with Crippen LogP contribution in [0.15, 0.2) is 41.3 Å². The van der Waals surface area contributed by atoms with Crippen molar-refractivity contribution in [2.75, 3.05) is 5.73 Å². The van der Waals surface area contributed by atoms with Crippen molar-refractivity contribution < 1.29 is 12.8 Å². The van der Waals surface area contributed by atoms with Gasteiger partial charge in [0.15, 0.2) is 0 Å². The summed E-state index contributed by atoms with van der Waals surface area (Å²) in [6, 6.07) is 8.90. The van der Waals surface area contributed by atoms with Crippen molar-refractivity contribution in [1.29, 1.82) is 0 Å². The van der Waals surface area contributed by atoms with Crippen molar-refractivity contribution in [2.24, 2.45) is 0 Å². The quantitative estimate of drug-likeness (QED) is 0.848. The van der Waals surface area contributed by atoms with Crippen molar-refractivity contribution in [3.8, 4) is 0 Å². The number of aryl methyl sites for hydroxylation is 1. The summed E-state index contributed by atoms with van der Waals surface area (Å²) in [5, 5.41) is -0.0536. The Morgan fingerprint density at radius 3 is 2.62 bits per heavy atom. The van der Waals surface area contributed by atoms with Gasteiger partial charge in [-0.3, -0.25) is 0 Å². The highest BCUT2D eigenvalue weighted by Crippen LogP contribution is 2.22.